The first kappa shape index (κ1) is 18.0. The van der Waals surface area contributed by atoms with Gasteiger partial charge in [-0.15, -0.1) is 5.10 Å². The van der Waals surface area contributed by atoms with Crippen molar-refractivity contribution in [1.29, 1.82) is 0 Å². The minimum absolute atomic E-state index is 0.524. The molecule has 0 N–H and O–H groups in total. The van der Waals surface area contributed by atoms with Crippen molar-refractivity contribution in [2.24, 2.45) is 0 Å². The van der Waals surface area contributed by atoms with Crippen LogP contribution in [0.1, 0.15) is 5.56 Å². The van der Waals surface area contributed by atoms with Gasteiger partial charge < -0.3 is 4.42 Å². The van der Waals surface area contributed by atoms with E-state index in [0.29, 0.717) is 23.8 Å². The first-order chi connectivity index (χ1) is 13.6. The third-order valence-corrected chi connectivity index (χ3v) is 6.98. The first-order valence-electron chi connectivity index (χ1n) is 8.34. The lowest BCUT2D eigenvalue weighted by Gasteiger charge is -2.08. The highest BCUT2D eigenvalue weighted by molar-refractivity contribution is 9.13. The molecule has 1 aromatic carbocycles. The Morgan fingerprint density at radius 2 is 1.89 bits per heavy atom. The number of halogens is 3. The Morgan fingerprint density at radius 1 is 1.04 bits per heavy atom. The summed E-state index contributed by atoms with van der Waals surface area (Å²) >= 11 is 10.7. The highest BCUT2D eigenvalue weighted by Gasteiger charge is 2.15. The van der Waals surface area contributed by atoms with Crippen LogP contribution in [0.25, 0.3) is 28.3 Å². The topological polar surface area (TPSA) is 74.0 Å². The van der Waals surface area contributed by atoms with E-state index in [1.54, 1.807) is 23.3 Å². The van der Waals surface area contributed by atoms with Crippen LogP contribution in [0, 0.1) is 0 Å². The van der Waals surface area contributed by atoms with E-state index in [2.05, 4.69) is 74.0 Å². The number of hydrogen-bond acceptors (Lipinski definition) is 5. The van der Waals surface area contributed by atoms with E-state index in [9.17, 15) is 0 Å². The molecule has 0 atom stereocenters. The molecule has 0 amide bonds. The van der Waals surface area contributed by atoms with E-state index >= 15 is 0 Å². The van der Waals surface area contributed by atoms with Crippen LogP contribution in [0.3, 0.4) is 0 Å². The summed E-state index contributed by atoms with van der Waals surface area (Å²) in [5.41, 5.74) is 2.66. The van der Waals surface area contributed by atoms with Gasteiger partial charge in [-0.1, -0.05) is 15.9 Å². The van der Waals surface area contributed by atoms with Gasteiger partial charge in [0.25, 0.3) is 0 Å². The van der Waals surface area contributed by atoms with Crippen LogP contribution in [0.15, 0.2) is 60.9 Å². The van der Waals surface area contributed by atoms with E-state index in [0.717, 1.165) is 30.9 Å². The Labute approximate surface area is 184 Å². The largest absolute Gasteiger partial charge is 0.461 e. The SMILES string of the molecule is Brc1cc(Br)c(CCn2ncc3c2ncn2nc(-c4ccco4)nc32)cc1Br. The van der Waals surface area contributed by atoms with E-state index in [1.165, 1.54) is 5.56 Å². The summed E-state index contributed by atoms with van der Waals surface area (Å²) in [6, 6.07) is 7.77. The second-order valence-electron chi connectivity index (χ2n) is 6.14. The molecule has 28 heavy (non-hydrogen) atoms. The average molecular weight is 567 g/mol. The molecule has 5 aromatic rings. The average Bonchev–Trinajstić information content (AvgIpc) is 3.41. The highest BCUT2D eigenvalue weighted by Crippen LogP contribution is 2.30. The minimum Gasteiger partial charge on any atom is -0.461 e. The summed E-state index contributed by atoms with van der Waals surface area (Å²) in [5.74, 6) is 1.14. The minimum atomic E-state index is 0.524. The van der Waals surface area contributed by atoms with Crippen molar-refractivity contribution in [2.45, 2.75) is 13.0 Å². The number of furan rings is 1. The molecule has 0 bridgehead atoms. The number of aromatic nitrogens is 6. The maximum atomic E-state index is 5.39. The Kier molecular flexibility index (Phi) is 4.56. The molecule has 7 nitrogen and oxygen atoms in total. The number of hydrogen-bond donors (Lipinski definition) is 0. The molecule has 0 saturated heterocycles. The van der Waals surface area contributed by atoms with E-state index in [1.807, 2.05) is 22.9 Å². The summed E-state index contributed by atoms with van der Waals surface area (Å²) in [7, 11) is 0. The Hall–Kier alpha value is -2.04. The molecule has 10 heteroatoms. The van der Waals surface area contributed by atoms with Crippen molar-refractivity contribution in [1.82, 2.24) is 29.4 Å². The molecule has 0 unspecified atom stereocenters. The van der Waals surface area contributed by atoms with Crippen LogP contribution < -0.4 is 0 Å². The quantitative estimate of drug-likeness (QED) is 0.277. The summed E-state index contributed by atoms with van der Waals surface area (Å²) in [6.45, 7) is 0.693. The van der Waals surface area contributed by atoms with Crippen LogP contribution in [-0.4, -0.2) is 29.4 Å². The molecule has 4 aromatic heterocycles. The van der Waals surface area contributed by atoms with Crippen LogP contribution in [0.4, 0.5) is 0 Å². The van der Waals surface area contributed by atoms with Gasteiger partial charge in [0.05, 0.1) is 17.8 Å². The van der Waals surface area contributed by atoms with Crippen molar-refractivity contribution in [3.05, 3.63) is 62.0 Å². The van der Waals surface area contributed by atoms with Gasteiger partial charge in [0.15, 0.2) is 17.1 Å². The lowest BCUT2D eigenvalue weighted by atomic mass is 10.1. The molecule has 5 rings (SSSR count). The number of rotatable bonds is 4. The monoisotopic (exact) mass is 564 g/mol. The van der Waals surface area contributed by atoms with Crippen molar-refractivity contribution < 1.29 is 4.42 Å². The number of aryl methyl sites for hydroxylation is 2. The van der Waals surface area contributed by atoms with Gasteiger partial charge in [-0.05, 0) is 68.1 Å². The van der Waals surface area contributed by atoms with Gasteiger partial charge in [0.2, 0.25) is 5.82 Å². The number of nitrogens with zero attached hydrogens (tertiary/aromatic N) is 6. The van der Waals surface area contributed by atoms with Crippen LogP contribution in [0.5, 0.6) is 0 Å². The van der Waals surface area contributed by atoms with Crippen molar-refractivity contribution in [3.8, 4) is 11.6 Å². The molecule has 0 aliphatic carbocycles. The maximum absolute atomic E-state index is 5.39. The van der Waals surface area contributed by atoms with Gasteiger partial charge in [0.1, 0.15) is 6.33 Å². The molecular weight excluding hydrogens is 556 g/mol. The standard InChI is InChI=1S/C18H11Br3N6O/c19-12-7-14(21)13(20)6-10(12)3-4-26-17-11(8-23-26)18-24-16(15-2-1-5-28-15)25-27(18)9-22-17/h1-2,5-9H,3-4H2. The van der Waals surface area contributed by atoms with Crippen molar-refractivity contribution >= 4 is 64.5 Å². The smallest absolute Gasteiger partial charge is 0.217 e. The summed E-state index contributed by atoms with van der Waals surface area (Å²) in [6.07, 6.45) is 5.85. The second kappa shape index (κ2) is 7.09. The third kappa shape index (κ3) is 3.09. The first-order valence-corrected chi connectivity index (χ1v) is 10.7. The molecule has 0 saturated carbocycles. The Morgan fingerprint density at radius 3 is 2.71 bits per heavy atom. The number of benzene rings is 1. The number of fused-ring (bicyclic) bond motifs is 3. The Balaban J connectivity index is 1.49. The molecule has 0 aliphatic heterocycles. The van der Waals surface area contributed by atoms with E-state index in [-0.39, 0.29) is 0 Å². The lowest BCUT2D eigenvalue weighted by Crippen LogP contribution is -2.05. The normalized spacial score (nSPS) is 11.7. The van der Waals surface area contributed by atoms with E-state index in [4.69, 9.17) is 4.42 Å². The molecule has 4 heterocycles. The molecule has 0 radical (unpaired) electrons. The van der Waals surface area contributed by atoms with Gasteiger partial charge in [-0.2, -0.15) is 5.10 Å². The zero-order chi connectivity index (χ0) is 19.3. The molecule has 140 valence electrons. The molecule has 0 fully saturated rings. The fourth-order valence-corrected chi connectivity index (χ4v) is 4.61. The van der Waals surface area contributed by atoms with Gasteiger partial charge in [0, 0.05) is 20.0 Å². The molecular formula is C18H11Br3N6O. The summed E-state index contributed by atoms with van der Waals surface area (Å²) < 4.78 is 12.0. The highest BCUT2D eigenvalue weighted by atomic mass is 79.9. The van der Waals surface area contributed by atoms with Crippen LogP contribution >= 0.6 is 47.8 Å². The van der Waals surface area contributed by atoms with Gasteiger partial charge in [-0.3, -0.25) is 0 Å². The van der Waals surface area contributed by atoms with Crippen LogP contribution in [0.2, 0.25) is 0 Å². The van der Waals surface area contributed by atoms with Crippen LogP contribution in [-0.2, 0) is 13.0 Å². The predicted octanol–water partition coefficient (Wildman–Crippen LogP) is 5.26. The van der Waals surface area contributed by atoms with Gasteiger partial charge >= 0.3 is 0 Å². The zero-order valence-corrected chi connectivity index (χ0v) is 18.9. The van der Waals surface area contributed by atoms with Crippen molar-refractivity contribution in [3.63, 3.8) is 0 Å². The summed E-state index contributed by atoms with van der Waals surface area (Å²) in [5, 5.41) is 9.80. The summed E-state index contributed by atoms with van der Waals surface area (Å²) in [4.78, 5) is 9.13. The lowest BCUT2D eigenvalue weighted by molar-refractivity contribution is 0.577. The maximum Gasteiger partial charge on any atom is 0.217 e. The third-order valence-electron chi connectivity index (χ3n) is 4.40. The fraction of sp³-hybridized carbons (Fsp3) is 0.111. The second-order valence-corrected chi connectivity index (χ2v) is 8.70. The molecule has 0 spiro atoms. The van der Waals surface area contributed by atoms with E-state index < -0.39 is 0 Å². The molecule has 0 aliphatic rings. The van der Waals surface area contributed by atoms with Gasteiger partial charge in [-0.25, -0.2) is 19.2 Å². The fourth-order valence-electron chi connectivity index (χ4n) is 3.03. The van der Waals surface area contributed by atoms with Crippen molar-refractivity contribution in [2.75, 3.05) is 0 Å². The zero-order valence-electron chi connectivity index (χ0n) is 14.2. The Bertz CT molecular complexity index is 1310. The predicted molar refractivity (Wildman–Crippen MR) is 115 cm³/mol.